The maximum absolute atomic E-state index is 5.36. The lowest BCUT2D eigenvalue weighted by molar-refractivity contribution is 0.0943. The zero-order valence-corrected chi connectivity index (χ0v) is 14.4. The lowest BCUT2D eigenvalue weighted by Crippen LogP contribution is -2.60. The predicted molar refractivity (Wildman–Crippen MR) is 89.8 cm³/mol. The van der Waals surface area contributed by atoms with E-state index in [2.05, 4.69) is 38.3 Å². The highest BCUT2D eigenvalue weighted by Gasteiger charge is 2.36. The highest BCUT2D eigenvalue weighted by Crippen LogP contribution is 2.32. The molecule has 0 aromatic heterocycles. The first-order chi connectivity index (χ1) is 10.2. The molecule has 1 spiro atoms. The van der Waals surface area contributed by atoms with E-state index in [1.54, 1.807) is 7.11 Å². The van der Waals surface area contributed by atoms with Crippen molar-refractivity contribution in [1.82, 2.24) is 10.2 Å². The monoisotopic (exact) mass is 352 g/mol. The third-order valence-electron chi connectivity index (χ3n) is 4.91. The Bertz CT molecular complexity index is 480. The SMILES string of the molecule is COc1ccc(Br)c(CN2CCNC3(CCCCC3)C2)c1. The van der Waals surface area contributed by atoms with E-state index in [1.807, 2.05) is 6.07 Å². The van der Waals surface area contributed by atoms with Gasteiger partial charge in [0.1, 0.15) is 5.75 Å². The molecule has 0 bridgehead atoms. The van der Waals surface area contributed by atoms with Crippen LogP contribution in [0, 0.1) is 0 Å². The van der Waals surface area contributed by atoms with E-state index in [-0.39, 0.29) is 0 Å². The van der Waals surface area contributed by atoms with Crippen LogP contribution in [0.3, 0.4) is 0 Å². The van der Waals surface area contributed by atoms with Crippen LogP contribution in [0.1, 0.15) is 37.7 Å². The number of halogens is 1. The van der Waals surface area contributed by atoms with Gasteiger partial charge in [-0.1, -0.05) is 35.2 Å². The molecule has 1 N–H and O–H groups in total. The average molecular weight is 353 g/mol. The van der Waals surface area contributed by atoms with Gasteiger partial charge in [-0.3, -0.25) is 4.90 Å². The Morgan fingerprint density at radius 2 is 2.10 bits per heavy atom. The van der Waals surface area contributed by atoms with Crippen LogP contribution in [-0.4, -0.2) is 37.2 Å². The van der Waals surface area contributed by atoms with E-state index in [4.69, 9.17) is 4.74 Å². The van der Waals surface area contributed by atoms with Crippen molar-refractivity contribution in [3.05, 3.63) is 28.2 Å². The normalized spacial score (nSPS) is 22.4. The zero-order chi connectivity index (χ0) is 14.7. The van der Waals surface area contributed by atoms with Crippen molar-refractivity contribution in [2.24, 2.45) is 0 Å². The molecular formula is C17H25BrN2O. The molecular weight excluding hydrogens is 328 g/mol. The van der Waals surface area contributed by atoms with Crippen LogP contribution in [-0.2, 0) is 6.54 Å². The summed E-state index contributed by atoms with van der Waals surface area (Å²) >= 11 is 3.68. The molecule has 1 aliphatic carbocycles. The van der Waals surface area contributed by atoms with Crippen molar-refractivity contribution < 1.29 is 4.74 Å². The summed E-state index contributed by atoms with van der Waals surface area (Å²) in [4.78, 5) is 2.60. The second-order valence-electron chi connectivity index (χ2n) is 6.44. The fraction of sp³-hybridized carbons (Fsp3) is 0.647. The van der Waals surface area contributed by atoms with Gasteiger partial charge in [-0.25, -0.2) is 0 Å². The van der Waals surface area contributed by atoms with Crippen LogP contribution in [0.5, 0.6) is 5.75 Å². The van der Waals surface area contributed by atoms with Gasteiger partial charge in [0, 0.05) is 36.2 Å². The summed E-state index contributed by atoms with van der Waals surface area (Å²) in [5.41, 5.74) is 1.70. The van der Waals surface area contributed by atoms with Crippen LogP contribution in [0.15, 0.2) is 22.7 Å². The molecule has 1 aromatic carbocycles. The van der Waals surface area contributed by atoms with Gasteiger partial charge in [0.15, 0.2) is 0 Å². The maximum atomic E-state index is 5.36. The van der Waals surface area contributed by atoms with Gasteiger partial charge < -0.3 is 10.1 Å². The van der Waals surface area contributed by atoms with Crippen molar-refractivity contribution >= 4 is 15.9 Å². The van der Waals surface area contributed by atoms with Crippen LogP contribution >= 0.6 is 15.9 Å². The molecule has 2 aliphatic rings. The van der Waals surface area contributed by atoms with Gasteiger partial charge >= 0.3 is 0 Å². The Balaban J connectivity index is 1.69. The number of hydrogen-bond donors (Lipinski definition) is 1. The van der Waals surface area contributed by atoms with Crippen molar-refractivity contribution in [3.63, 3.8) is 0 Å². The highest BCUT2D eigenvalue weighted by molar-refractivity contribution is 9.10. The van der Waals surface area contributed by atoms with Crippen molar-refractivity contribution in [3.8, 4) is 5.75 Å². The van der Waals surface area contributed by atoms with Crippen LogP contribution in [0.25, 0.3) is 0 Å². The number of rotatable bonds is 3. The summed E-state index contributed by atoms with van der Waals surface area (Å²) in [6.07, 6.45) is 6.84. The lowest BCUT2D eigenvalue weighted by atomic mass is 9.80. The Morgan fingerprint density at radius 3 is 2.86 bits per heavy atom. The molecule has 1 aromatic rings. The largest absolute Gasteiger partial charge is 0.497 e. The maximum Gasteiger partial charge on any atom is 0.119 e. The number of piperazine rings is 1. The summed E-state index contributed by atoms with van der Waals surface area (Å²) in [5.74, 6) is 0.940. The molecule has 0 unspecified atom stereocenters. The summed E-state index contributed by atoms with van der Waals surface area (Å²) < 4.78 is 6.54. The second-order valence-corrected chi connectivity index (χ2v) is 7.29. The Morgan fingerprint density at radius 1 is 1.29 bits per heavy atom. The van der Waals surface area contributed by atoms with E-state index in [9.17, 15) is 0 Å². The quantitative estimate of drug-likeness (QED) is 0.899. The lowest BCUT2D eigenvalue weighted by Gasteiger charge is -2.46. The van der Waals surface area contributed by atoms with Crippen LogP contribution in [0.2, 0.25) is 0 Å². The van der Waals surface area contributed by atoms with Gasteiger partial charge in [-0.15, -0.1) is 0 Å². The molecule has 0 radical (unpaired) electrons. The standard InChI is InChI=1S/C17H25BrN2O/c1-21-15-5-6-16(18)14(11-15)12-20-10-9-19-17(13-20)7-3-2-4-8-17/h5-6,11,19H,2-4,7-10,12-13H2,1H3. The molecule has 0 atom stereocenters. The van der Waals surface area contributed by atoms with Gasteiger partial charge in [0.2, 0.25) is 0 Å². The van der Waals surface area contributed by atoms with Crippen LogP contribution < -0.4 is 10.1 Å². The van der Waals surface area contributed by atoms with E-state index in [0.717, 1.165) is 25.4 Å². The van der Waals surface area contributed by atoms with Gasteiger partial charge in [-0.2, -0.15) is 0 Å². The fourth-order valence-corrected chi connectivity index (χ4v) is 4.15. The summed E-state index contributed by atoms with van der Waals surface area (Å²) in [6, 6.07) is 6.25. The second kappa shape index (κ2) is 6.67. The van der Waals surface area contributed by atoms with E-state index in [1.165, 1.54) is 48.7 Å². The van der Waals surface area contributed by atoms with E-state index in [0.29, 0.717) is 5.54 Å². The third kappa shape index (κ3) is 3.61. The predicted octanol–water partition coefficient (Wildman–Crippen LogP) is 3.57. The molecule has 1 aliphatic heterocycles. The Kier molecular flexibility index (Phi) is 4.87. The molecule has 1 saturated heterocycles. The minimum atomic E-state index is 0.377. The number of hydrogen-bond acceptors (Lipinski definition) is 3. The molecule has 1 heterocycles. The number of nitrogens with one attached hydrogen (secondary N) is 1. The van der Waals surface area contributed by atoms with E-state index < -0.39 is 0 Å². The highest BCUT2D eigenvalue weighted by atomic mass is 79.9. The molecule has 116 valence electrons. The molecule has 21 heavy (non-hydrogen) atoms. The first kappa shape index (κ1) is 15.3. The Hall–Kier alpha value is -0.580. The molecule has 3 nitrogen and oxygen atoms in total. The topological polar surface area (TPSA) is 24.5 Å². The van der Waals surface area contributed by atoms with E-state index >= 15 is 0 Å². The summed E-state index contributed by atoms with van der Waals surface area (Å²) in [7, 11) is 1.73. The summed E-state index contributed by atoms with van der Waals surface area (Å²) in [5, 5.41) is 3.81. The first-order valence-electron chi connectivity index (χ1n) is 8.01. The first-order valence-corrected chi connectivity index (χ1v) is 8.80. The molecule has 0 amide bonds. The number of methoxy groups -OCH3 is 1. The molecule has 3 rings (SSSR count). The molecule has 1 saturated carbocycles. The van der Waals surface area contributed by atoms with Gasteiger partial charge in [-0.05, 0) is 36.6 Å². The van der Waals surface area contributed by atoms with Gasteiger partial charge in [0.05, 0.1) is 7.11 Å². The average Bonchev–Trinajstić information content (AvgIpc) is 2.50. The number of nitrogens with zero attached hydrogens (tertiary/aromatic N) is 1. The third-order valence-corrected chi connectivity index (χ3v) is 5.69. The Labute approximate surface area is 136 Å². The number of benzene rings is 1. The minimum absolute atomic E-state index is 0.377. The smallest absolute Gasteiger partial charge is 0.119 e. The molecule has 2 fully saturated rings. The summed E-state index contributed by atoms with van der Waals surface area (Å²) in [6.45, 7) is 4.42. The van der Waals surface area contributed by atoms with Gasteiger partial charge in [0.25, 0.3) is 0 Å². The van der Waals surface area contributed by atoms with Crippen molar-refractivity contribution in [2.45, 2.75) is 44.2 Å². The zero-order valence-electron chi connectivity index (χ0n) is 12.8. The van der Waals surface area contributed by atoms with Crippen molar-refractivity contribution in [2.75, 3.05) is 26.7 Å². The van der Waals surface area contributed by atoms with Crippen molar-refractivity contribution in [1.29, 1.82) is 0 Å². The molecule has 4 heteroatoms. The number of ether oxygens (including phenoxy) is 1. The fourth-order valence-electron chi connectivity index (χ4n) is 3.78. The minimum Gasteiger partial charge on any atom is -0.497 e. The van der Waals surface area contributed by atoms with Crippen LogP contribution in [0.4, 0.5) is 0 Å².